The molecule has 0 aliphatic carbocycles. The van der Waals surface area contributed by atoms with Gasteiger partial charge in [-0.1, -0.05) is 13.0 Å². The lowest BCUT2D eigenvalue weighted by atomic mass is 9.80. The summed E-state index contributed by atoms with van der Waals surface area (Å²) in [6.07, 6.45) is 2.38. The molecule has 3 N–H and O–H groups in total. The number of para-hydroxylation sites is 1. The molecule has 0 radical (unpaired) electrons. The lowest BCUT2D eigenvalue weighted by Gasteiger charge is -2.38. The summed E-state index contributed by atoms with van der Waals surface area (Å²) in [6.45, 7) is 5.51. The van der Waals surface area contributed by atoms with E-state index in [4.69, 9.17) is 11.0 Å². The molecule has 102 valence electrons. The van der Waals surface area contributed by atoms with Gasteiger partial charge in [0, 0.05) is 6.54 Å². The molecule has 0 saturated carbocycles. The van der Waals surface area contributed by atoms with Crippen molar-refractivity contribution in [3.05, 3.63) is 23.8 Å². The van der Waals surface area contributed by atoms with Crippen LogP contribution in [0.2, 0.25) is 0 Å². The van der Waals surface area contributed by atoms with Crippen molar-refractivity contribution in [2.75, 3.05) is 37.7 Å². The van der Waals surface area contributed by atoms with E-state index in [0.717, 1.165) is 25.3 Å². The maximum atomic E-state index is 8.98. The van der Waals surface area contributed by atoms with Gasteiger partial charge in [-0.2, -0.15) is 5.26 Å². The van der Waals surface area contributed by atoms with Crippen molar-refractivity contribution >= 4 is 11.4 Å². The van der Waals surface area contributed by atoms with Crippen molar-refractivity contribution < 1.29 is 0 Å². The van der Waals surface area contributed by atoms with Crippen LogP contribution in [0.1, 0.15) is 25.3 Å². The molecule has 1 fully saturated rings. The Morgan fingerprint density at radius 1 is 1.42 bits per heavy atom. The molecule has 1 aliphatic rings. The van der Waals surface area contributed by atoms with Crippen LogP contribution in [0.5, 0.6) is 0 Å². The van der Waals surface area contributed by atoms with Crippen LogP contribution in [0.15, 0.2) is 18.2 Å². The number of benzene rings is 1. The fraction of sp³-hybridized carbons (Fsp3) is 0.533. The molecule has 2 rings (SSSR count). The van der Waals surface area contributed by atoms with E-state index in [1.54, 1.807) is 6.07 Å². The van der Waals surface area contributed by atoms with Gasteiger partial charge in [-0.05, 0) is 50.5 Å². The molecule has 0 aromatic heterocycles. The van der Waals surface area contributed by atoms with E-state index >= 15 is 0 Å². The second-order valence-electron chi connectivity index (χ2n) is 5.85. The third-order valence-corrected chi connectivity index (χ3v) is 4.13. The van der Waals surface area contributed by atoms with E-state index < -0.39 is 0 Å². The minimum atomic E-state index is 0.307. The van der Waals surface area contributed by atoms with Gasteiger partial charge in [-0.25, -0.2) is 0 Å². The number of hydrogen-bond acceptors (Lipinski definition) is 4. The van der Waals surface area contributed by atoms with Crippen LogP contribution in [-0.2, 0) is 0 Å². The molecule has 1 saturated heterocycles. The lowest BCUT2D eigenvalue weighted by Crippen LogP contribution is -2.40. The highest BCUT2D eigenvalue weighted by Crippen LogP contribution is 2.31. The van der Waals surface area contributed by atoms with Crippen molar-refractivity contribution in [3.8, 4) is 6.07 Å². The van der Waals surface area contributed by atoms with Crippen molar-refractivity contribution in [3.63, 3.8) is 0 Å². The second kappa shape index (κ2) is 5.50. The first kappa shape index (κ1) is 13.7. The Labute approximate surface area is 115 Å². The molecule has 4 nitrogen and oxygen atoms in total. The Morgan fingerprint density at radius 3 is 2.74 bits per heavy atom. The van der Waals surface area contributed by atoms with Gasteiger partial charge in [-0.3, -0.25) is 0 Å². The van der Waals surface area contributed by atoms with E-state index in [1.807, 2.05) is 12.1 Å². The fourth-order valence-electron chi connectivity index (χ4n) is 2.46. The van der Waals surface area contributed by atoms with Gasteiger partial charge in [0.05, 0.1) is 16.9 Å². The second-order valence-corrected chi connectivity index (χ2v) is 5.85. The van der Waals surface area contributed by atoms with Crippen LogP contribution in [0.3, 0.4) is 0 Å². The summed E-state index contributed by atoms with van der Waals surface area (Å²) in [5, 5.41) is 12.4. The number of piperidine rings is 1. The van der Waals surface area contributed by atoms with Crippen molar-refractivity contribution in [1.82, 2.24) is 4.90 Å². The zero-order valence-corrected chi connectivity index (χ0v) is 11.7. The van der Waals surface area contributed by atoms with Crippen molar-refractivity contribution in [2.24, 2.45) is 5.41 Å². The Kier molecular flexibility index (Phi) is 3.96. The Balaban J connectivity index is 2.01. The predicted octanol–water partition coefficient (Wildman–Crippen LogP) is 2.28. The number of nitrogens with one attached hydrogen (secondary N) is 1. The summed E-state index contributed by atoms with van der Waals surface area (Å²) < 4.78 is 0. The summed E-state index contributed by atoms with van der Waals surface area (Å²) in [6, 6.07) is 7.67. The molecule has 0 bridgehead atoms. The first-order valence-electron chi connectivity index (χ1n) is 6.75. The molecule has 0 unspecified atom stereocenters. The lowest BCUT2D eigenvalue weighted by molar-refractivity contribution is 0.150. The smallest absolute Gasteiger partial charge is 0.101 e. The van der Waals surface area contributed by atoms with Gasteiger partial charge < -0.3 is 16.0 Å². The van der Waals surface area contributed by atoms with E-state index in [0.29, 0.717) is 16.7 Å². The van der Waals surface area contributed by atoms with Crippen molar-refractivity contribution in [2.45, 2.75) is 19.8 Å². The van der Waals surface area contributed by atoms with Crippen LogP contribution in [0.4, 0.5) is 11.4 Å². The monoisotopic (exact) mass is 258 g/mol. The van der Waals surface area contributed by atoms with Crippen LogP contribution in [-0.4, -0.2) is 31.6 Å². The third kappa shape index (κ3) is 3.18. The summed E-state index contributed by atoms with van der Waals surface area (Å²) in [4.78, 5) is 2.37. The van der Waals surface area contributed by atoms with E-state index in [2.05, 4.69) is 30.3 Å². The van der Waals surface area contributed by atoms with Gasteiger partial charge in [0.15, 0.2) is 0 Å². The molecule has 4 heteroatoms. The molecule has 1 heterocycles. The molecule has 1 aromatic rings. The highest BCUT2D eigenvalue weighted by atomic mass is 15.1. The molecule has 19 heavy (non-hydrogen) atoms. The molecule has 0 atom stereocenters. The third-order valence-electron chi connectivity index (χ3n) is 4.13. The number of nitriles is 1. The number of nitrogen functional groups attached to an aromatic ring is 1. The molecular formula is C15H22N4. The summed E-state index contributed by atoms with van der Waals surface area (Å²) >= 11 is 0. The van der Waals surface area contributed by atoms with Gasteiger partial charge >= 0.3 is 0 Å². The normalized spacial score (nSPS) is 18.8. The Morgan fingerprint density at radius 2 is 2.11 bits per heavy atom. The summed E-state index contributed by atoms with van der Waals surface area (Å²) in [7, 11) is 2.17. The quantitative estimate of drug-likeness (QED) is 0.816. The number of hydrogen-bond donors (Lipinski definition) is 2. The number of likely N-dealkylation sites (tertiary alicyclic amines) is 1. The number of anilines is 2. The van der Waals surface area contributed by atoms with Gasteiger partial charge in [-0.15, -0.1) is 0 Å². The van der Waals surface area contributed by atoms with E-state index in [9.17, 15) is 0 Å². The van der Waals surface area contributed by atoms with Gasteiger partial charge in [0.25, 0.3) is 0 Å². The van der Waals surface area contributed by atoms with Gasteiger partial charge in [0.2, 0.25) is 0 Å². The van der Waals surface area contributed by atoms with Gasteiger partial charge in [0.1, 0.15) is 6.07 Å². The standard InChI is InChI=1S/C15H22N4/c1-15(6-8-19(2)9-7-15)11-18-13-5-3-4-12(10-16)14(13)17/h3-5,18H,6-9,11,17H2,1-2H3. The molecular weight excluding hydrogens is 236 g/mol. The minimum Gasteiger partial charge on any atom is -0.396 e. The van der Waals surface area contributed by atoms with Crippen LogP contribution < -0.4 is 11.1 Å². The average molecular weight is 258 g/mol. The fourth-order valence-corrected chi connectivity index (χ4v) is 2.46. The zero-order chi connectivity index (χ0) is 13.9. The summed E-state index contributed by atoms with van der Waals surface area (Å²) in [5.41, 5.74) is 8.26. The first-order chi connectivity index (χ1) is 9.04. The Bertz CT molecular complexity index is 481. The maximum absolute atomic E-state index is 8.98. The summed E-state index contributed by atoms with van der Waals surface area (Å²) in [5.74, 6) is 0. The zero-order valence-electron chi connectivity index (χ0n) is 11.7. The molecule has 1 aromatic carbocycles. The molecule has 0 spiro atoms. The van der Waals surface area contributed by atoms with Crippen molar-refractivity contribution in [1.29, 1.82) is 5.26 Å². The predicted molar refractivity (Wildman–Crippen MR) is 78.9 cm³/mol. The average Bonchev–Trinajstić information content (AvgIpc) is 2.41. The highest BCUT2D eigenvalue weighted by molar-refractivity contribution is 5.72. The largest absolute Gasteiger partial charge is 0.396 e. The SMILES string of the molecule is CN1CCC(C)(CNc2cccc(C#N)c2N)CC1. The van der Waals surface area contributed by atoms with E-state index in [1.165, 1.54) is 12.8 Å². The highest BCUT2D eigenvalue weighted by Gasteiger charge is 2.28. The van der Waals surface area contributed by atoms with E-state index in [-0.39, 0.29) is 0 Å². The van der Waals surface area contributed by atoms with Crippen LogP contribution in [0.25, 0.3) is 0 Å². The maximum Gasteiger partial charge on any atom is 0.101 e. The van der Waals surface area contributed by atoms with Crippen LogP contribution in [0, 0.1) is 16.7 Å². The minimum absolute atomic E-state index is 0.307. The topological polar surface area (TPSA) is 65.1 Å². The Hall–Kier alpha value is -1.73. The number of rotatable bonds is 3. The van der Waals surface area contributed by atoms with Crippen LogP contribution >= 0.6 is 0 Å². The first-order valence-corrected chi connectivity index (χ1v) is 6.75. The molecule has 0 amide bonds. The molecule has 1 aliphatic heterocycles. The number of nitrogens with two attached hydrogens (primary N) is 1. The number of nitrogens with zero attached hydrogens (tertiary/aromatic N) is 2.